The molecule has 1 saturated heterocycles. The summed E-state index contributed by atoms with van der Waals surface area (Å²) in [6, 6.07) is 10.8. The zero-order chi connectivity index (χ0) is 23.7. The SMILES string of the molecule is O=C(CCn1ccn2nc(-c3ccc(F)cc3)cc2c1=O)N1CCN(C(=O)c2ccco2)CC1. The van der Waals surface area contributed by atoms with Gasteiger partial charge in [0.1, 0.15) is 11.3 Å². The van der Waals surface area contributed by atoms with E-state index in [-0.39, 0.29) is 41.9 Å². The molecule has 174 valence electrons. The Bertz CT molecular complexity index is 1380. The molecule has 0 aliphatic carbocycles. The van der Waals surface area contributed by atoms with Crippen LogP contribution >= 0.6 is 0 Å². The van der Waals surface area contributed by atoms with Crippen molar-refractivity contribution in [2.45, 2.75) is 13.0 Å². The molecule has 1 fully saturated rings. The van der Waals surface area contributed by atoms with E-state index in [1.807, 2.05) is 0 Å². The van der Waals surface area contributed by atoms with Gasteiger partial charge in [0.25, 0.3) is 11.5 Å². The summed E-state index contributed by atoms with van der Waals surface area (Å²) in [4.78, 5) is 41.4. The van der Waals surface area contributed by atoms with Crippen LogP contribution in [0, 0.1) is 5.82 Å². The highest BCUT2D eigenvalue weighted by Crippen LogP contribution is 2.19. The van der Waals surface area contributed by atoms with Gasteiger partial charge in [-0.2, -0.15) is 5.10 Å². The first kappa shape index (κ1) is 21.6. The molecule has 0 bridgehead atoms. The first-order chi connectivity index (χ1) is 16.5. The molecule has 34 heavy (non-hydrogen) atoms. The number of hydrogen-bond acceptors (Lipinski definition) is 5. The van der Waals surface area contributed by atoms with Crippen LogP contribution in [0.5, 0.6) is 0 Å². The number of nitrogens with zero attached hydrogens (tertiary/aromatic N) is 5. The Morgan fingerprint density at radius 3 is 2.44 bits per heavy atom. The molecule has 4 aromatic rings. The van der Waals surface area contributed by atoms with E-state index < -0.39 is 0 Å². The second-order valence-electron chi connectivity index (χ2n) is 8.06. The van der Waals surface area contributed by atoms with Gasteiger partial charge in [0.15, 0.2) is 5.76 Å². The zero-order valence-corrected chi connectivity index (χ0v) is 18.3. The molecule has 0 radical (unpaired) electrons. The number of aromatic nitrogens is 3. The first-order valence-electron chi connectivity index (χ1n) is 10.9. The van der Waals surface area contributed by atoms with Crippen LogP contribution in [0.2, 0.25) is 0 Å². The van der Waals surface area contributed by atoms with Crippen LogP contribution in [-0.2, 0) is 11.3 Å². The first-order valence-corrected chi connectivity index (χ1v) is 10.9. The topological polar surface area (TPSA) is 93.1 Å². The van der Waals surface area contributed by atoms with Gasteiger partial charge >= 0.3 is 0 Å². The van der Waals surface area contributed by atoms with Crippen molar-refractivity contribution in [1.82, 2.24) is 24.0 Å². The Hall–Kier alpha value is -4.21. The maximum atomic E-state index is 13.2. The van der Waals surface area contributed by atoms with Crippen molar-refractivity contribution < 1.29 is 18.4 Å². The van der Waals surface area contributed by atoms with E-state index in [4.69, 9.17) is 4.42 Å². The second-order valence-corrected chi connectivity index (χ2v) is 8.06. The molecule has 1 aliphatic heterocycles. The lowest BCUT2D eigenvalue weighted by Gasteiger charge is -2.34. The Kier molecular flexibility index (Phi) is 5.70. The van der Waals surface area contributed by atoms with E-state index in [0.717, 1.165) is 0 Å². The fourth-order valence-electron chi connectivity index (χ4n) is 4.05. The van der Waals surface area contributed by atoms with Crippen LogP contribution in [0.15, 0.2) is 70.3 Å². The monoisotopic (exact) mass is 463 g/mol. The van der Waals surface area contributed by atoms with Gasteiger partial charge in [0.05, 0.1) is 12.0 Å². The number of aryl methyl sites for hydroxylation is 1. The molecule has 4 heterocycles. The van der Waals surface area contributed by atoms with Gasteiger partial charge in [-0.3, -0.25) is 14.4 Å². The van der Waals surface area contributed by atoms with Gasteiger partial charge in [0.2, 0.25) is 5.91 Å². The minimum Gasteiger partial charge on any atom is -0.459 e. The van der Waals surface area contributed by atoms with E-state index in [1.54, 1.807) is 52.5 Å². The summed E-state index contributed by atoms with van der Waals surface area (Å²) in [6.07, 6.45) is 4.89. The molecule has 3 aromatic heterocycles. The van der Waals surface area contributed by atoms with Crippen molar-refractivity contribution in [1.29, 1.82) is 0 Å². The molecular formula is C24H22FN5O4. The molecule has 0 saturated carbocycles. The Morgan fingerprint density at radius 2 is 1.74 bits per heavy atom. The van der Waals surface area contributed by atoms with Gasteiger partial charge in [-0.1, -0.05) is 0 Å². The summed E-state index contributed by atoms with van der Waals surface area (Å²) in [7, 11) is 0. The summed E-state index contributed by atoms with van der Waals surface area (Å²) in [5.74, 6) is -0.308. The highest BCUT2D eigenvalue weighted by Gasteiger charge is 2.26. The zero-order valence-electron chi connectivity index (χ0n) is 18.3. The van der Waals surface area contributed by atoms with Gasteiger partial charge in [-0.05, 0) is 42.5 Å². The molecule has 0 N–H and O–H groups in total. The predicted octanol–water partition coefficient (Wildman–Crippen LogP) is 2.27. The third kappa shape index (κ3) is 4.21. The number of fused-ring (bicyclic) bond motifs is 1. The number of furan rings is 1. The minimum atomic E-state index is -0.343. The minimum absolute atomic E-state index is 0.0719. The number of piperazine rings is 1. The maximum absolute atomic E-state index is 13.2. The van der Waals surface area contributed by atoms with Crippen LogP contribution in [-0.4, -0.2) is 62.0 Å². The third-order valence-electron chi connectivity index (χ3n) is 5.96. The highest BCUT2D eigenvalue weighted by atomic mass is 19.1. The lowest BCUT2D eigenvalue weighted by molar-refractivity contribution is -0.132. The number of hydrogen-bond donors (Lipinski definition) is 0. The van der Waals surface area contributed by atoms with Gasteiger partial charge < -0.3 is 18.8 Å². The van der Waals surface area contributed by atoms with Crippen LogP contribution in [0.3, 0.4) is 0 Å². The van der Waals surface area contributed by atoms with E-state index >= 15 is 0 Å². The number of rotatable bonds is 5. The number of benzene rings is 1. The van der Waals surface area contributed by atoms with Crippen molar-refractivity contribution >= 4 is 17.3 Å². The van der Waals surface area contributed by atoms with Crippen LogP contribution in [0.4, 0.5) is 4.39 Å². The Morgan fingerprint density at radius 1 is 1.00 bits per heavy atom. The predicted molar refractivity (Wildman–Crippen MR) is 121 cm³/mol. The molecular weight excluding hydrogens is 441 g/mol. The van der Waals surface area contributed by atoms with Gasteiger partial charge in [0, 0.05) is 57.1 Å². The molecule has 1 aliphatic rings. The van der Waals surface area contributed by atoms with Crippen molar-refractivity contribution in [2.75, 3.05) is 26.2 Å². The average Bonchev–Trinajstić information content (AvgIpc) is 3.54. The lowest BCUT2D eigenvalue weighted by atomic mass is 10.1. The molecule has 2 amide bonds. The van der Waals surface area contributed by atoms with E-state index in [9.17, 15) is 18.8 Å². The molecule has 0 spiro atoms. The summed E-state index contributed by atoms with van der Waals surface area (Å²) in [6.45, 7) is 1.96. The van der Waals surface area contributed by atoms with Crippen LogP contribution < -0.4 is 5.56 Å². The van der Waals surface area contributed by atoms with E-state index in [1.165, 1.54) is 27.5 Å². The molecule has 1 aromatic carbocycles. The summed E-state index contributed by atoms with van der Waals surface area (Å²) >= 11 is 0. The lowest BCUT2D eigenvalue weighted by Crippen LogP contribution is -2.50. The summed E-state index contributed by atoms with van der Waals surface area (Å²) in [5, 5.41) is 4.39. The largest absolute Gasteiger partial charge is 0.459 e. The fourth-order valence-corrected chi connectivity index (χ4v) is 4.05. The number of amides is 2. The molecule has 5 rings (SSSR count). The van der Waals surface area contributed by atoms with Crippen molar-refractivity contribution in [3.63, 3.8) is 0 Å². The molecule has 0 atom stereocenters. The quantitative estimate of drug-likeness (QED) is 0.453. The van der Waals surface area contributed by atoms with Crippen LogP contribution in [0.1, 0.15) is 17.0 Å². The number of carbonyl (C=O) groups excluding carboxylic acids is 2. The number of carbonyl (C=O) groups is 2. The van der Waals surface area contributed by atoms with Crippen molar-refractivity contribution in [3.05, 3.63) is 83.1 Å². The maximum Gasteiger partial charge on any atom is 0.289 e. The highest BCUT2D eigenvalue weighted by molar-refractivity contribution is 5.91. The second kappa shape index (κ2) is 8.97. The smallest absolute Gasteiger partial charge is 0.289 e. The van der Waals surface area contributed by atoms with Crippen LogP contribution in [0.25, 0.3) is 16.8 Å². The van der Waals surface area contributed by atoms with E-state index in [2.05, 4.69) is 5.10 Å². The normalized spacial score (nSPS) is 14.0. The average molecular weight is 463 g/mol. The third-order valence-corrected chi connectivity index (χ3v) is 5.96. The Labute approximate surface area is 193 Å². The van der Waals surface area contributed by atoms with Crippen molar-refractivity contribution in [3.8, 4) is 11.3 Å². The van der Waals surface area contributed by atoms with Gasteiger partial charge in [-0.15, -0.1) is 0 Å². The standard InChI is InChI=1S/C24H22FN5O4/c25-18-5-3-17(4-6-18)19-16-20-23(32)28(13-14-30(20)26-19)8-7-22(31)27-9-11-29(12-10-27)24(33)21-2-1-15-34-21/h1-6,13-16H,7-12H2. The summed E-state index contributed by atoms with van der Waals surface area (Å²) < 4.78 is 21.3. The molecule has 0 unspecified atom stereocenters. The van der Waals surface area contributed by atoms with Gasteiger partial charge in [-0.25, -0.2) is 8.91 Å². The molecule has 9 nitrogen and oxygen atoms in total. The fraction of sp³-hybridized carbons (Fsp3) is 0.250. The Balaban J connectivity index is 1.21. The van der Waals surface area contributed by atoms with E-state index in [0.29, 0.717) is 43.0 Å². The van der Waals surface area contributed by atoms with Crippen molar-refractivity contribution in [2.24, 2.45) is 0 Å². The number of halogens is 1. The molecule has 10 heteroatoms. The summed E-state index contributed by atoms with van der Waals surface area (Å²) in [5.41, 5.74) is 1.38.